The fourth-order valence-corrected chi connectivity index (χ4v) is 16.2. The molecule has 3 heteroatoms. The summed E-state index contributed by atoms with van der Waals surface area (Å²) in [5, 5.41) is 5.08. The van der Waals surface area contributed by atoms with E-state index in [-0.39, 0.29) is 5.92 Å². The third-order valence-electron chi connectivity index (χ3n) is 20.0. The van der Waals surface area contributed by atoms with Crippen molar-refractivity contribution in [2.45, 2.75) is 102 Å². The average Bonchev–Trinajstić information content (AvgIpc) is 1.97. The third-order valence-corrected chi connectivity index (χ3v) is 20.0. The van der Waals surface area contributed by atoms with Gasteiger partial charge >= 0.3 is 0 Å². The van der Waals surface area contributed by atoms with Gasteiger partial charge in [0.15, 0.2) is 0 Å². The Morgan fingerprint density at radius 3 is 1.46 bits per heavy atom. The second-order valence-corrected chi connectivity index (χ2v) is 24.6. The van der Waals surface area contributed by atoms with E-state index in [1.807, 2.05) is 0 Å². The Balaban J connectivity index is 1.00. The summed E-state index contributed by atoms with van der Waals surface area (Å²) in [7, 11) is 0. The van der Waals surface area contributed by atoms with Gasteiger partial charge < -0.3 is 14.2 Å². The summed E-state index contributed by atoms with van der Waals surface area (Å²) < 4.78 is 2.68. The molecule has 0 aliphatic heterocycles. The SMILES string of the molecule is CCC1c2ccccc2-c2c(N(c3ccccc3)c3ccc(C4CCCCC4)cc3)ccc(-c3c(C)c(-c4ccccc4)c4c5ccc(N(c6ccccc6)c6ccc(C7CCCCC7)cc6)c6c7ccccc7n(c4c3-c3ccccc3)c56)c21. The highest BCUT2D eigenvalue weighted by atomic mass is 15.2. The van der Waals surface area contributed by atoms with Gasteiger partial charge in [0.25, 0.3) is 0 Å². The molecule has 16 rings (SSSR count). The summed E-state index contributed by atoms with van der Waals surface area (Å²) in [6.45, 7) is 4.83. The van der Waals surface area contributed by atoms with Gasteiger partial charge in [-0.1, -0.05) is 221 Å². The first-order valence-corrected chi connectivity index (χ1v) is 31.7. The molecule has 2 heterocycles. The van der Waals surface area contributed by atoms with Crippen LogP contribution < -0.4 is 9.80 Å². The Bertz CT molecular complexity index is 4570. The summed E-state index contributed by atoms with van der Waals surface area (Å²) in [6, 6.07) is 92.6. The summed E-state index contributed by atoms with van der Waals surface area (Å²) in [5.41, 5.74) is 28.1. The number of nitrogens with zero attached hydrogens (tertiary/aromatic N) is 3. The van der Waals surface area contributed by atoms with Crippen LogP contribution in [-0.4, -0.2) is 4.40 Å². The molecule has 2 fully saturated rings. The predicted octanol–water partition coefficient (Wildman–Crippen LogP) is 23.7. The molecule has 3 nitrogen and oxygen atoms in total. The zero-order valence-corrected chi connectivity index (χ0v) is 48.9. The third kappa shape index (κ3) is 8.44. The van der Waals surface area contributed by atoms with E-state index < -0.39 is 0 Å². The van der Waals surface area contributed by atoms with Crippen molar-refractivity contribution in [3.63, 3.8) is 0 Å². The average molecular weight is 1100 g/mol. The minimum Gasteiger partial charge on any atom is -0.310 e. The van der Waals surface area contributed by atoms with Gasteiger partial charge in [0.05, 0.1) is 27.9 Å². The van der Waals surface area contributed by atoms with Crippen LogP contribution in [0.25, 0.3) is 82.6 Å². The molecule has 1 atom stereocenters. The van der Waals surface area contributed by atoms with Gasteiger partial charge in [0.1, 0.15) is 0 Å². The Morgan fingerprint density at radius 2 is 0.871 bits per heavy atom. The molecule has 0 bridgehead atoms. The highest BCUT2D eigenvalue weighted by molar-refractivity contribution is 6.32. The van der Waals surface area contributed by atoms with Crippen LogP contribution in [0.15, 0.2) is 243 Å². The Hall–Kier alpha value is -9.18. The van der Waals surface area contributed by atoms with Gasteiger partial charge in [-0.15, -0.1) is 0 Å². The molecule has 0 saturated heterocycles. The van der Waals surface area contributed by atoms with Crippen molar-refractivity contribution in [1.29, 1.82) is 0 Å². The molecular formula is C82H71N3. The molecule has 1 unspecified atom stereocenters. The zero-order valence-electron chi connectivity index (χ0n) is 48.9. The summed E-state index contributed by atoms with van der Waals surface area (Å²) >= 11 is 0. The Morgan fingerprint density at radius 1 is 0.376 bits per heavy atom. The van der Waals surface area contributed by atoms with Gasteiger partial charge in [-0.3, -0.25) is 0 Å². The Kier molecular flexibility index (Phi) is 13.0. The van der Waals surface area contributed by atoms with Crippen molar-refractivity contribution < 1.29 is 0 Å². The summed E-state index contributed by atoms with van der Waals surface area (Å²) in [6.07, 6.45) is 14.1. The largest absolute Gasteiger partial charge is 0.310 e. The number of para-hydroxylation sites is 3. The summed E-state index contributed by atoms with van der Waals surface area (Å²) in [4.78, 5) is 5.07. The van der Waals surface area contributed by atoms with E-state index in [1.165, 1.54) is 197 Å². The molecule has 3 aliphatic carbocycles. The van der Waals surface area contributed by atoms with Gasteiger partial charge in [-0.25, -0.2) is 0 Å². The maximum Gasteiger partial charge on any atom is 0.0642 e. The van der Waals surface area contributed by atoms with Crippen LogP contribution in [-0.2, 0) is 0 Å². The van der Waals surface area contributed by atoms with Gasteiger partial charge in [0, 0.05) is 61.3 Å². The lowest BCUT2D eigenvalue weighted by Gasteiger charge is -2.30. The first-order valence-electron chi connectivity index (χ1n) is 31.7. The van der Waals surface area contributed by atoms with E-state index in [0.29, 0.717) is 11.8 Å². The lowest BCUT2D eigenvalue weighted by Crippen LogP contribution is -2.12. The number of hydrogen-bond donors (Lipinski definition) is 0. The van der Waals surface area contributed by atoms with E-state index in [0.717, 1.165) is 17.8 Å². The smallest absolute Gasteiger partial charge is 0.0642 e. The first kappa shape index (κ1) is 51.5. The van der Waals surface area contributed by atoms with Crippen LogP contribution in [0.5, 0.6) is 0 Å². The van der Waals surface area contributed by atoms with Crippen LogP contribution in [0, 0.1) is 6.92 Å². The lowest BCUT2D eigenvalue weighted by atomic mass is 9.79. The van der Waals surface area contributed by atoms with Crippen molar-refractivity contribution in [1.82, 2.24) is 4.40 Å². The second kappa shape index (κ2) is 21.5. The van der Waals surface area contributed by atoms with Crippen molar-refractivity contribution >= 4 is 72.2 Å². The number of fused-ring (bicyclic) bond motifs is 9. The standard InChI is InChI=1S/C82H71N3/c1-3-65-66-38-22-23-39-67(66)78-72(83(61-34-18-8-19-35-61)63-46-42-57(43-47-63)55-26-10-4-11-27-55)52-50-69(77(65)78)75-54(2)74(59-30-14-6-15-31-59)80-70-51-53-73(84(62-36-20-9-21-37-62)64-48-44-58(45-49-64)56-28-12-5-13-29-56)79-68-40-24-25-41-71(68)85(81(70)79)82(80)76(75)60-32-16-7-17-33-60/h6-9,14-25,30-53,55-56,65H,3-5,10-13,26-29H2,1-2H3. The molecule has 3 aliphatic rings. The maximum absolute atomic E-state index is 2.68. The zero-order chi connectivity index (χ0) is 56.5. The van der Waals surface area contributed by atoms with Crippen LogP contribution in [0.3, 0.4) is 0 Å². The van der Waals surface area contributed by atoms with Crippen LogP contribution in [0.4, 0.5) is 34.1 Å². The molecule has 0 amide bonds. The minimum absolute atomic E-state index is 0.170. The molecule has 11 aromatic carbocycles. The Labute approximate surface area is 500 Å². The summed E-state index contributed by atoms with van der Waals surface area (Å²) in [5.74, 6) is 1.44. The van der Waals surface area contributed by atoms with Gasteiger partial charge in [-0.05, 0) is 179 Å². The molecule has 85 heavy (non-hydrogen) atoms. The molecule has 0 spiro atoms. The van der Waals surface area contributed by atoms with E-state index in [4.69, 9.17) is 0 Å². The van der Waals surface area contributed by atoms with Crippen molar-refractivity contribution in [3.8, 4) is 44.5 Å². The fourth-order valence-electron chi connectivity index (χ4n) is 16.2. The minimum atomic E-state index is 0.170. The second-order valence-electron chi connectivity index (χ2n) is 24.6. The first-order chi connectivity index (χ1) is 42.1. The number of rotatable bonds is 12. The topological polar surface area (TPSA) is 10.9 Å². The number of anilines is 6. The van der Waals surface area contributed by atoms with E-state index in [9.17, 15) is 0 Å². The maximum atomic E-state index is 2.68. The molecule has 0 radical (unpaired) electrons. The van der Waals surface area contributed by atoms with E-state index in [2.05, 4.69) is 271 Å². The van der Waals surface area contributed by atoms with Crippen molar-refractivity contribution in [2.75, 3.05) is 9.80 Å². The number of benzene rings is 11. The fraction of sp³-hybridized carbons (Fsp3) is 0.195. The van der Waals surface area contributed by atoms with Crippen molar-refractivity contribution in [3.05, 3.63) is 270 Å². The van der Waals surface area contributed by atoms with Crippen molar-refractivity contribution in [2.24, 2.45) is 0 Å². The number of aromatic nitrogens is 1. The van der Waals surface area contributed by atoms with Crippen LogP contribution >= 0.6 is 0 Å². The quantitative estimate of drug-likeness (QED) is 0.121. The molecule has 13 aromatic rings. The van der Waals surface area contributed by atoms with E-state index >= 15 is 0 Å². The van der Waals surface area contributed by atoms with Gasteiger partial charge in [0.2, 0.25) is 0 Å². The highest BCUT2D eigenvalue weighted by Crippen LogP contribution is 2.60. The molecule has 0 N–H and O–H groups in total. The lowest BCUT2D eigenvalue weighted by molar-refractivity contribution is 0.443. The molecule has 414 valence electrons. The normalized spacial score (nSPS) is 15.5. The monoisotopic (exact) mass is 1100 g/mol. The number of hydrogen-bond acceptors (Lipinski definition) is 2. The molecule has 2 saturated carbocycles. The molecular weight excluding hydrogens is 1030 g/mol. The van der Waals surface area contributed by atoms with Crippen LogP contribution in [0.2, 0.25) is 0 Å². The molecule has 2 aromatic heterocycles. The highest BCUT2D eigenvalue weighted by Gasteiger charge is 2.37. The van der Waals surface area contributed by atoms with E-state index in [1.54, 1.807) is 0 Å². The van der Waals surface area contributed by atoms with Gasteiger partial charge in [-0.2, -0.15) is 0 Å². The van der Waals surface area contributed by atoms with Crippen LogP contribution in [0.1, 0.15) is 123 Å². The predicted molar refractivity (Wildman–Crippen MR) is 361 cm³/mol.